The second-order valence-corrected chi connectivity index (χ2v) is 8.00. The van der Waals surface area contributed by atoms with E-state index in [-0.39, 0.29) is 24.0 Å². The van der Waals surface area contributed by atoms with E-state index in [1.807, 2.05) is 13.1 Å². The molecule has 0 bridgehead atoms. The van der Waals surface area contributed by atoms with Crippen molar-refractivity contribution in [3.05, 3.63) is 24.3 Å². The van der Waals surface area contributed by atoms with E-state index in [1.165, 1.54) is 31.4 Å². The van der Waals surface area contributed by atoms with E-state index >= 15 is 0 Å². The molecule has 1 atom stereocenters. The summed E-state index contributed by atoms with van der Waals surface area (Å²) in [4.78, 5) is 9.21. The van der Waals surface area contributed by atoms with Gasteiger partial charge in [0.25, 0.3) is 0 Å². The average Bonchev–Trinajstić information content (AvgIpc) is 3.22. The lowest BCUT2D eigenvalue weighted by molar-refractivity contribution is 0.0625. The SMILES string of the molecule is CN=C(NCC1CCN(c2cccc(OC)c2)C1)N(C)CCC1CCOCC1.I. The third-order valence-electron chi connectivity index (χ3n) is 6.04. The molecule has 1 aromatic rings. The maximum Gasteiger partial charge on any atom is 0.193 e. The Hall–Kier alpha value is -1.22. The number of halogens is 1. The van der Waals surface area contributed by atoms with Crippen LogP contribution in [0.1, 0.15) is 25.7 Å². The monoisotopic (exact) mass is 516 g/mol. The van der Waals surface area contributed by atoms with Crippen molar-refractivity contribution >= 4 is 35.6 Å². The minimum absolute atomic E-state index is 0. The Morgan fingerprint density at radius 3 is 2.79 bits per heavy atom. The molecular formula is C22H37IN4O2. The highest BCUT2D eigenvalue weighted by Crippen LogP contribution is 2.26. The van der Waals surface area contributed by atoms with Gasteiger partial charge in [0.05, 0.1) is 7.11 Å². The first-order chi connectivity index (χ1) is 13.7. The van der Waals surface area contributed by atoms with Crippen molar-refractivity contribution < 1.29 is 9.47 Å². The van der Waals surface area contributed by atoms with E-state index in [4.69, 9.17) is 9.47 Å². The first-order valence-corrected chi connectivity index (χ1v) is 10.6. The number of methoxy groups -OCH3 is 1. The predicted molar refractivity (Wildman–Crippen MR) is 131 cm³/mol. The highest BCUT2D eigenvalue weighted by Gasteiger charge is 2.23. The van der Waals surface area contributed by atoms with Crippen LogP contribution in [0.25, 0.3) is 0 Å². The van der Waals surface area contributed by atoms with Crippen molar-refractivity contribution in [1.29, 1.82) is 0 Å². The molecule has 1 N–H and O–H groups in total. The van der Waals surface area contributed by atoms with E-state index in [1.54, 1.807) is 7.11 Å². The minimum atomic E-state index is 0. The Morgan fingerprint density at radius 1 is 1.28 bits per heavy atom. The molecule has 0 saturated carbocycles. The number of benzene rings is 1. The molecule has 0 radical (unpaired) electrons. The third kappa shape index (κ3) is 7.20. The van der Waals surface area contributed by atoms with Gasteiger partial charge in [0.15, 0.2) is 5.96 Å². The van der Waals surface area contributed by atoms with E-state index in [9.17, 15) is 0 Å². The second kappa shape index (κ2) is 12.5. The molecule has 1 aromatic carbocycles. The summed E-state index contributed by atoms with van der Waals surface area (Å²) in [6, 6.07) is 8.36. The normalized spacial score (nSPS) is 20.3. The van der Waals surface area contributed by atoms with Crippen molar-refractivity contribution in [3.8, 4) is 5.75 Å². The lowest BCUT2D eigenvalue weighted by atomic mass is 9.96. The fraction of sp³-hybridized carbons (Fsp3) is 0.682. The van der Waals surface area contributed by atoms with Crippen molar-refractivity contribution in [2.24, 2.45) is 16.8 Å². The summed E-state index contributed by atoms with van der Waals surface area (Å²) in [5.74, 6) is 3.35. The number of nitrogens with zero attached hydrogens (tertiary/aromatic N) is 3. The number of aliphatic imine (C=N–C) groups is 1. The third-order valence-corrected chi connectivity index (χ3v) is 6.04. The van der Waals surface area contributed by atoms with Crippen molar-refractivity contribution in [3.63, 3.8) is 0 Å². The molecule has 0 amide bonds. The number of guanidine groups is 1. The number of nitrogens with one attached hydrogen (secondary N) is 1. The Bertz CT molecular complexity index is 637. The minimum Gasteiger partial charge on any atom is -0.497 e. The van der Waals surface area contributed by atoms with Crippen LogP contribution in [0, 0.1) is 11.8 Å². The standard InChI is InChI=1S/C22H36N4O2.HI/c1-23-22(25(2)11-7-18-9-13-28-14-10-18)24-16-19-8-12-26(17-19)20-5-4-6-21(15-20)27-3;/h4-6,15,18-19H,7-14,16-17H2,1-3H3,(H,23,24);1H. The van der Waals surface area contributed by atoms with Gasteiger partial charge in [-0.15, -0.1) is 24.0 Å². The molecule has 2 aliphatic heterocycles. The van der Waals surface area contributed by atoms with Gasteiger partial charge in [0.1, 0.15) is 5.75 Å². The van der Waals surface area contributed by atoms with Crippen LogP contribution in [0.3, 0.4) is 0 Å². The van der Waals surface area contributed by atoms with E-state index in [0.29, 0.717) is 5.92 Å². The molecule has 29 heavy (non-hydrogen) atoms. The molecule has 3 rings (SSSR count). The van der Waals surface area contributed by atoms with Crippen molar-refractivity contribution in [2.75, 3.05) is 65.5 Å². The summed E-state index contributed by atoms with van der Waals surface area (Å²) in [6.45, 7) is 6.03. The molecule has 6 nitrogen and oxygen atoms in total. The van der Waals surface area contributed by atoms with Gasteiger partial charge >= 0.3 is 0 Å². The van der Waals surface area contributed by atoms with E-state index in [0.717, 1.165) is 57.0 Å². The van der Waals surface area contributed by atoms with Gasteiger partial charge < -0.3 is 24.6 Å². The van der Waals surface area contributed by atoms with Gasteiger partial charge in [0, 0.05) is 65.2 Å². The van der Waals surface area contributed by atoms with Gasteiger partial charge in [-0.25, -0.2) is 0 Å². The molecule has 0 spiro atoms. The molecule has 7 heteroatoms. The Balaban J connectivity index is 0.00000300. The van der Waals surface area contributed by atoms with Gasteiger partial charge in [0.2, 0.25) is 0 Å². The number of hydrogen-bond acceptors (Lipinski definition) is 4. The number of anilines is 1. The summed E-state index contributed by atoms with van der Waals surface area (Å²) in [5, 5.41) is 3.59. The summed E-state index contributed by atoms with van der Waals surface area (Å²) in [7, 11) is 5.75. The summed E-state index contributed by atoms with van der Waals surface area (Å²) >= 11 is 0. The largest absolute Gasteiger partial charge is 0.497 e. The van der Waals surface area contributed by atoms with Gasteiger partial charge in [-0.3, -0.25) is 4.99 Å². The van der Waals surface area contributed by atoms with Gasteiger partial charge in [-0.1, -0.05) is 6.07 Å². The van der Waals surface area contributed by atoms with Crippen LogP contribution >= 0.6 is 24.0 Å². The fourth-order valence-corrected chi connectivity index (χ4v) is 4.18. The lowest BCUT2D eigenvalue weighted by Gasteiger charge is -2.27. The zero-order chi connectivity index (χ0) is 19.8. The highest BCUT2D eigenvalue weighted by atomic mass is 127. The maximum absolute atomic E-state index is 5.46. The van der Waals surface area contributed by atoms with Crippen LogP contribution in [-0.4, -0.2) is 71.5 Å². The molecule has 0 aliphatic carbocycles. The Kier molecular flexibility index (Phi) is 10.3. The summed E-state index contributed by atoms with van der Waals surface area (Å²) < 4.78 is 10.8. The Morgan fingerprint density at radius 2 is 2.07 bits per heavy atom. The van der Waals surface area contributed by atoms with Gasteiger partial charge in [-0.05, 0) is 49.7 Å². The van der Waals surface area contributed by atoms with E-state index < -0.39 is 0 Å². The molecule has 2 aliphatic rings. The Labute approximate surface area is 193 Å². The maximum atomic E-state index is 5.46. The summed E-state index contributed by atoms with van der Waals surface area (Å²) in [6.07, 6.45) is 4.81. The number of ether oxygens (including phenoxy) is 2. The molecule has 2 saturated heterocycles. The molecule has 1 unspecified atom stereocenters. The van der Waals surface area contributed by atoms with Crippen LogP contribution in [0.15, 0.2) is 29.3 Å². The predicted octanol–water partition coefficient (Wildman–Crippen LogP) is 3.46. The van der Waals surface area contributed by atoms with E-state index in [2.05, 4.69) is 45.4 Å². The first kappa shape index (κ1) is 24.1. The zero-order valence-electron chi connectivity index (χ0n) is 18.1. The molecule has 164 valence electrons. The highest BCUT2D eigenvalue weighted by molar-refractivity contribution is 14.0. The van der Waals surface area contributed by atoms with Crippen LogP contribution in [-0.2, 0) is 4.74 Å². The van der Waals surface area contributed by atoms with Crippen LogP contribution < -0.4 is 15.0 Å². The van der Waals surface area contributed by atoms with Crippen LogP contribution in [0.5, 0.6) is 5.75 Å². The second-order valence-electron chi connectivity index (χ2n) is 8.00. The zero-order valence-corrected chi connectivity index (χ0v) is 20.4. The van der Waals surface area contributed by atoms with Crippen molar-refractivity contribution in [2.45, 2.75) is 25.7 Å². The van der Waals surface area contributed by atoms with Gasteiger partial charge in [-0.2, -0.15) is 0 Å². The molecule has 0 aromatic heterocycles. The molecule has 2 heterocycles. The molecular weight excluding hydrogens is 479 g/mol. The first-order valence-electron chi connectivity index (χ1n) is 10.6. The fourth-order valence-electron chi connectivity index (χ4n) is 4.18. The number of hydrogen-bond donors (Lipinski definition) is 1. The smallest absolute Gasteiger partial charge is 0.193 e. The molecule has 2 fully saturated rings. The van der Waals surface area contributed by atoms with Crippen LogP contribution in [0.2, 0.25) is 0 Å². The lowest BCUT2D eigenvalue weighted by Crippen LogP contribution is -2.42. The van der Waals surface area contributed by atoms with Crippen molar-refractivity contribution in [1.82, 2.24) is 10.2 Å². The number of rotatable bonds is 7. The summed E-state index contributed by atoms with van der Waals surface area (Å²) in [5.41, 5.74) is 1.25. The van der Waals surface area contributed by atoms with Crippen LogP contribution in [0.4, 0.5) is 5.69 Å². The quantitative estimate of drug-likeness (QED) is 0.342. The average molecular weight is 516 g/mol. The topological polar surface area (TPSA) is 49.3 Å².